The molecule has 1 atom stereocenters. The fraction of sp³-hybridized carbons (Fsp3) is 0.600. The Morgan fingerprint density at radius 1 is 1.08 bits per heavy atom. The van der Waals surface area contributed by atoms with Crippen LogP contribution < -0.4 is 5.32 Å². The average molecular weight is 328 g/mol. The maximum atomic E-state index is 13.3. The van der Waals surface area contributed by atoms with Crippen LogP contribution in [-0.4, -0.2) is 28.3 Å². The molecule has 1 unspecified atom stereocenters. The van der Waals surface area contributed by atoms with E-state index >= 15 is 0 Å². The summed E-state index contributed by atoms with van der Waals surface area (Å²) < 4.78 is 0. The van der Waals surface area contributed by atoms with Gasteiger partial charge in [0.2, 0.25) is 11.8 Å². The number of amides is 2. The van der Waals surface area contributed by atoms with Gasteiger partial charge in [-0.2, -0.15) is 0 Å². The molecule has 1 N–H and O–H groups in total. The van der Waals surface area contributed by atoms with Crippen LogP contribution in [0.3, 0.4) is 0 Å². The Kier molecular flexibility index (Phi) is 4.41. The van der Waals surface area contributed by atoms with Crippen LogP contribution in [0.5, 0.6) is 0 Å². The van der Waals surface area contributed by atoms with E-state index in [-0.39, 0.29) is 17.2 Å². The molecule has 0 aromatic heterocycles. The van der Waals surface area contributed by atoms with Crippen LogP contribution in [-0.2, 0) is 16.1 Å². The van der Waals surface area contributed by atoms with Crippen molar-refractivity contribution in [1.29, 1.82) is 0 Å². The fourth-order valence-corrected chi connectivity index (χ4v) is 4.03. The summed E-state index contributed by atoms with van der Waals surface area (Å²) in [6, 6.07) is 9.55. The highest BCUT2D eigenvalue weighted by Gasteiger charge is 2.54. The van der Waals surface area contributed by atoms with Gasteiger partial charge in [0.15, 0.2) is 0 Å². The summed E-state index contributed by atoms with van der Waals surface area (Å²) in [6.07, 6.45) is 4.70. The first-order valence-electron chi connectivity index (χ1n) is 9.01. The van der Waals surface area contributed by atoms with Crippen LogP contribution in [0, 0.1) is 5.41 Å². The van der Waals surface area contributed by atoms with Gasteiger partial charge in [0.05, 0.1) is 0 Å². The number of carbonyl (C=O) groups excluding carboxylic acids is 2. The van der Waals surface area contributed by atoms with Crippen LogP contribution in [0.25, 0.3) is 0 Å². The second kappa shape index (κ2) is 6.23. The van der Waals surface area contributed by atoms with Gasteiger partial charge in [0.25, 0.3) is 0 Å². The molecule has 2 amide bonds. The summed E-state index contributed by atoms with van der Waals surface area (Å²) in [7, 11) is 0. The Balaban J connectivity index is 1.98. The van der Waals surface area contributed by atoms with Gasteiger partial charge in [0, 0.05) is 6.54 Å². The van der Waals surface area contributed by atoms with Crippen molar-refractivity contribution in [3.05, 3.63) is 35.9 Å². The standard InChI is InChI=1S/C20H28N2O2/c1-19(2,3)16-17(23)22(14-15-10-6-4-7-11-15)20(18(24)21-16)12-8-5-9-13-20/h4,6-7,10-11,16H,5,8-9,12-14H2,1-3H3,(H,21,24). The van der Waals surface area contributed by atoms with Crippen LogP contribution in [0.15, 0.2) is 30.3 Å². The number of nitrogens with zero attached hydrogens (tertiary/aromatic N) is 1. The zero-order valence-electron chi connectivity index (χ0n) is 15.0. The molecule has 2 aliphatic rings. The maximum absolute atomic E-state index is 13.3. The summed E-state index contributed by atoms with van der Waals surface area (Å²) in [5.41, 5.74) is 0.128. The second-order valence-corrected chi connectivity index (χ2v) is 8.27. The number of piperazine rings is 1. The maximum Gasteiger partial charge on any atom is 0.246 e. The third kappa shape index (κ3) is 2.94. The number of benzene rings is 1. The van der Waals surface area contributed by atoms with Crippen molar-refractivity contribution >= 4 is 11.8 Å². The van der Waals surface area contributed by atoms with Crippen molar-refractivity contribution < 1.29 is 9.59 Å². The van der Waals surface area contributed by atoms with E-state index < -0.39 is 11.6 Å². The van der Waals surface area contributed by atoms with Gasteiger partial charge < -0.3 is 10.2 Å². The van der Waals surface area contributed by atoms with E-state index in [1.807, 2.05) is 56.0 Å². The Morgan fingerprint density at radius 2 is 1.71 bits per heavy atom. The molecule has 4 nitrogen and oxygen atoms in total. The SMILES string of the molecule is CC(C)(C)C1NC(=O)C2(CCCCC2)N(Cc2ccccc2)C1=O. The molecule has 1 aliphatic carbocycles. The zero-order valence-corrected chi connectivity index (χ0v) is 15.0. The van der Waals surface area contributed by atoms with E-state index in [4.69, 9.17) is 0 Å². The highest BCUT2D eigenvalue weighted by molar-refractivity contribution is 6.00. The molecule has 0 bridgehead atoms. The predicted molar refractivity (Wildman–Crippen MR) is 94.2 cm³/mol. The lowest BCUT2D eigenvalue weighted by Crippen LogP contribution is -2.72. The molecule has 1 spiro atoms. The van der Waals surface area contributed by atoms with Crippen molar-refractivity contribution in [3.8, 4) is 0 Å². The minimum Gasteiger partial charge on any atom is -0.342 e. The van der Waals surface area contributed by atoms with Crippen molar-refractivity contribution in [3.63, 3.8) is 0 Å². The number of carbonyl (C=O) groups is 2. The molecular weight excluding hydrogens is 300 g/mol. The lowest BCUT2D eigenvalue weighted by Gasteiger charge is -2.52. The van der Waals surface area contributed by atoms with E-state index in [0.29, 0.717) is 6.54 Å². The summed E-state index contributed by atoms with van der Waals surface area (Å²) in [4.78, 5) is 28.3. The Labute approximate surface area is 144 Å². The van der Waals surface area contributed by atoms with E-state index in [2.05, 4.69) is 5.32 Å². The smallest absolute Gasteiger partial charge is 0.246 e. The van der Waals surface area contributed by atoms with E-state index in [0.717, 1.165) is 37.7 Å². The predicted octanol–water partition coefficient (Wildman–Crippen LogP) is 3.26. The molecule has 130 valence electrons. The van der Waals surface area contributed by atoms with Crippen molar-refractivity contribution in [2.75, 3.05) is 0 Å². The molecule has 1 aromatic rings. The van der Waals surface area contributed by atoms with Gasteiger partial charge in [-0.1, -0.05) is 70.4 Å². The van der Waals surface area contributed by atoms with E-state index in [9.17, 15) is 9.59 Å². The first kappa shape index (κ1) is 17.0. The molecule has 2 fully saturated rings. The number of nitrogens with one attached hydrogen (secondary N) is 1. The van der Waals surface area contributed by atoms with Gasteiger partial charge >= 0.3 is 0 Å². The van der Waals surface area contributed by atoms with Crippen LogP contribution >= 0.6 is 0 Å². The van der Waals surface area contributed by atoms with E-state index in [1.165, 1.54) is 0 Å². The van der Waals surface area contributed by atoms with Gasteiger partial charge in [-0.25, -0.2) is 0 Å². The number of rotatable bonds is 2. The molecule has 24 heavy (non-hydrogen) atoms. The van der Waals surface area contributed by atoms with Crippen LogP contribution in [0.1, 0.15) is 58.4 Å². The Bertz CT molecular complexity index is 612. The molecule has 4 heteroatoms. The van der Waals surface area contributed by atoms with Crippen molar-refractivity contribution in [2.24, 2.45) is 5.41 Å². The molecule has 1 saturated carbocycles. The lowest BCUT2D eigenvalue weighted by atomic mass is 9.74. The summed E-state index contributed by atoms with van der Waals surface area (Å²) in [5, 5.41) is 3.05. The Hall–Kier alpha value is -1.84. The van der Waals surface area contributed by atoms with Gasteiger partial charge in [0.1, 0.15) is 11.6 Å². The molecule has 3 rings (SSSR count). The van der Waals surface area contributed by atoms with Gasteiger partial charge in [-0.3, -0.25) is 9.59 Å². The highest BCUT2D eigenvalue weighted by Crippen LogP contribution is 2.39. The summed E-state index contributed by atoms with van der Waals surface area (Å²) in [6.45, 7) is 6.54. The number of hydrogen-bond acceptors (Lipinski definition) is 2. The monoisotopic (exact) mass is 328 g/mol. The summed E-state index contributed by atoms with van der Waals surface area (Å²) in [5.74, 6) is 0.102. The molecule has 0 radical (unpaired) electrons. The Morgan fingerprint density at radius 3 is 2.29 bits per heavy atom. The highest BCUT2D eigenvalue weighted by atomic mass is 16.2. The fourth-order valence-electron chi connectivity index (χ4n) is 4.03. The minimum atomic E-state index is -0.660. The third-order valence-corrected chi connectivity index (χ3v) is 5.46. The number of hydrogen-bond donors (Lipinski definition) is 1. The molecule has 1 aromatic carbocycles. The molecule has 1 aliphatic heterocycles. The first-order chi connectivity index (χ1) is 11.3. The van der Waals surface area contributed by atoms with Gasteiger partial charge in [-0.15, -0.1) is 0 Å². The van der Waals surface area contributed by atoms with Crippen molar-refractivity contribution in [2.45, 2.75) is 71.0 Å². The topological polar surface area (TPSA) is 49.4 Å². The van der Waals surface area contributed by atoms with Crippen LogP contribution in [0.2, 0.25) is 0 Å². The van der Waals surface area contributed by atoms with E-state index in [1.54, 1.807) is 0 Å². The normalized spacial score (nSPS) is 24.1. The largest absolute Gasteiger partial charge is 0.342 e. The minimum absolute atomic E-state index is 0.0395. The molecular formula is C20H28N2O2. The van der Waals surface area contributed by atoms with Crippen LogP contribution in [0.4, 0.5) is 0 Å². The first-order valence-corrected chi connectivity index (χ1v) is 9.01. The third-order valence-electron chi connectivity index (χ3n) is 5.46. The summed E-state index contributed by atoms with van der Waals surface area (Å²) >= 11 is 0. The van der Waals surface area contributed by atoms with Gasteiger partial charge in [-0.05, 0) is 23.8 Å². The average Bonchev–Trinajstić information content (AvgIpc) is 2.56. The zero-order chi connectivity index (χ0) is 17.4. The molecule has 1 saturated heterocycles. The quantitative estimate of drug-likeness (QED) is 0.906. The lowest BCUT2D eigenvalue weighted by molar-refractivity contribution is -0.164. The van der Waals surface area contributed by atoms with Crippen molar-refractivity contribution in [1.82, 2.24) is 10.2 Å². The molecule has 1 heterocycles. The second-order valence-electron chi connectivity index (χ2n) is 8.27.